The van der Waals surface area contributed by atoms with Crippen LogP contribution in [0.1, 0.15) is 112 Å². The van der Waals surface area contributed by atoms with Gasteiger partial charge in [-0.05, 0) is 65.4 Å². The Kier molecular flexibility index (Phi) is 10.7. The molecule has 1 aromatic rings. The minimum absolute atomic E-state index is 0.00190. The molecule has 12 nitrogen and oxygen atoms in total. The highest BCUT2D eigenvalue weighted by molar-refractivity contribution is 6.48. The lowest BCUT2D eigenvalue weighted by Crippen LogP contribution is -2.65. The first kappa shape index (κ1) is 39.4. The van der Waals surface area contributed by atoms with Gasteiger partial charge >= 0.3 is 19.3 Å². The van der Waals surface area contributed by atoms with Crippen LogP contribution in [0.3, 0.4) is 0 Å². The SMILES string of the molecule is CCC[C@H](NC(=O)[C@@H]1C[C@@H](OC(=O)N2Cc3ccccc3C2)CN1C(=O)[C@@H](NC(=O)OCC(C)(C)C)C(C)(C)C)B1O[C@@H]2C[C@@H]3C[C@@H](C3(C)C)[C@]2(C)O1. The second kappa shape index (κ2) is 14.4. The number of carbonyl (C=O) groups excluding carboxylic acids is 4. The number of amides is 4. The fourth-order valence-corrected chi connectivity index (χ4v) is 9.25. The maximum absolute atomic E-state index is 14.5. The van der Waals surface area contributed by atoms with Crippen molar-refractivity contribution >= 4 is 31.1 Å². The maximum Gasteiger partial charge on any atom is 0.481 e. The number of carbonyl (C=O) groups is 4. The molecular formula is C40H61BN4O8. The van der Waals surface area contributed by atoms with E-state index in [2.05, 4.69) is 38.3 Å². The second-order valence-electron chi connectivity index (χ2n) is 19.2. The Labute approximate surface area is 315 Å². The molecule has 0 aromatic heterocycles. The van der Waals surface area contributed by atoms with Gasteiger partial charge in [-0.25, -0.2) is 9.59 Å². The van der Waals surface area contributed by atoms with E-state index in [1.165, 1.54) is 4.90 Å². The normalized spacial score (nSPS) is 29.8. The van der Waals surface area contributed by atoms with Gasteiger partial charge in [0.15, 0.2) is 0 Å². The van der Waals surface area contributed by atoms with E-state index in [4.69, 9.17) is 18.8 Å². The number of alkyl carbamates (subject to hydrolysis) is 1. The largest absolute Gasteiger partial charge is 0.481 e. The number of hydrogen-bond acceptors (Lipinski definition) is 8. The molecule has 3 saturated carbocycles. The van der Waals surface area contributed by atoms with Crippen molar-refractivity contribution in [3.05, 3.63) is 35.4 Å². The molecule has 0 spiro atoms. The number of nitrogens with one attached hydrogen (secondary N) is 2. The van der Waals surface area contributed by atoms with Crippen molar-refractivity contribution in [3.63, 3.8) is 0 Å². The van der Waals surface area contributed by atoms with Crippen LogP contribution in [-0.4, -0.2) is 89.9 Å². The maximum atomic E-state index is 14.5. The Morgan fingerprint density at radius 1 is 0.981 bits per heavy atom. The van der Waals surface area contributed by atoms with Gasteiger partial charge in [0.25, 0.3) is 0 Å². The number of nitrogens with zero attached hydrogens (tertiary/aromatic N) is 2. The quantitative estimate of drug-likeness (QED) is 0.302. The molecule has 6 aliphatic rings. The summed E-state index contributed by atoms with van der Waals surface area (Å²) in [4.78, 5) is 58.6. The van der Waals surface area contributed by atoms with Crippen molar-refractivity contribution in [2.24, 2.45) is 28.1 Å². The van der Waals surface area contributed by atoms with Crippen LogP contribution in [0.25, 0.3) is 0 Å². The lowest BCUT2D eigenvalue weighted by Gasteiger charge is -2.64. The highest BCUT2D eigenvalue weighted by Gasteiger charge is 2.68. The van der Waals surface area contributed by atoms with Gasteiger partial charge in [-0.2, -0.15) is 0 Å². The van der Waals surface area contributed by atoms with E-state index in [1.807, 2.05) is 65.8 Å². The zero-order valence-corrected chi connectivity index (χ0v) is 33.5. The second-order valence-corrected chi connectivity index (χ2v) is 19.2. The van der Waals surface area contributed by atoms with E-state index in [0.717, 1.165) is 30.4 Å². The van der Waals surface area contributed by atoms with Gasteiger partial charge in [0, 0.05) is 19.5 Å². The molecule has 292 valence electrons. The summed E-state index contributed by atoms with van der Waals surface area (Å²) < 4.78 is 24.9. The minimum Gasteiger partial charge on any atom is -0.449 e. The zero-order chi connectivity index (χ0) is 38.7. The molecule has 0 unspecified atom stereocenters. The molecule has 2 bridgehead atoms. The molecule has 1 aromatic carbocycles. The predicted octanol–water partition coefficient (Wildman–Crippen LogP) is 5.85. The fourth-order valence-electron chi connectivity index (χ4n) is 9.25. The van der Waals surface area contributed by atoms with Crippen LogP contribution in [-0.2, 0) is 41.5 Å². The highest BCUT2D eigenvalue weighted by atomic mass is 16.7. The highest BCUT2D eigenvalue weighted by Crippen LogP contribution is 2.65. The molecular weight excluding hydrogens is 675 g/mol. The van der Waals surface area contributed by atoms with E-state index < -0.39 is 60.4 Å². The van der Waals surface area contributed by atoms with Crippen molar-refractivity contribution in [1.82, 2.24) is 20.4 Å². The molecule has 5 fully saturated rings. The molecule has 53 heavy (non-hydrogen) atoms. The van der Waals surface area contributed by atoms with E-state index in [-0.39, 0.29) is 42.4 Å². The number of hydrogen-bond donors (Lipinski definition) is 2. The fraction of sp³-hybridized carbons (Fsp3) is 0.750. The number of likely N-dealkylation sites (tertiary alicyclic amines) is 1. The van der Waals surface area contributed by atoms with Crippen LogP contribution in [0.15, 0.2) is 24.3 Å². The van der Waals surface area contributed by atoms with Crippen LogP contribution in [0.2, 0.25) is 0 Å². The Hall–Kier alpha value is -3.32. The summed E-state index contributed by atoms with van der Waals surface area (Å²) in [6, 6.07) is 5.91. The average molecular weight is 737 g/mol. The number of fused-ring (bicyclic) bond motifs is 1. The molecule has 2 N–H and O–H groups in total. The first-order chi connectivity index (χ1) is 24.7. The molecule has 7 rings (SSSR count). The summed E-state index contributed by atoms with van der Waals surface area (Å²) in [5.74, 6) is -0.293. The van der Waals surface area contributed by atoms with Crippen LogP contribution in [0, 0.1) is 28.1 Å². The first-order valence-electron chi connectivity index (χ1n) is 19.6. The topological polar surface area (TPSA) is 136 Å². The Morgan fingerprint density at radius 2 is 1.64 bits per heavy atom. The van der Waals surface area contributed by atoms with Gasteiger partial charge in [-0.15, -0.1) is 0 Å². The summed E-state index contributed by atoms with van der Waals surface area (Å²) in [5.41, 5.74) is 0.879. The minimum atomic E-state index is -1.02. The molecule has 0 radical (unpaired) electrons. The third-order valence-corrected chi connectivity index (χ3v) is 12.5. The lowest BCUT2D eigenvalue weighted by atomic mass is 9.43. The van der Waals surface area contributed by atoms with E-state index in [9.17, 15) is 19.2 Å². The van der Waals surface area contributed by atoms with Crippen molar-refractivity contribution < 1.29 is 38.0 Å². The summed E-state index contributed by atoms with van der Waals surface area (Å²) in [6.07, 6.45) is 1.59. The molecule has 3 heterocycles. The van der Waals surface area contributed by atoms with Gasteiger partial charge in [-0.1, -0.05) is 93.0 Å². The van der Waals surface area contributed by atoms with E-state index >= 15 is 0 Å². The van der Waals surface area contributed by atoms with Gasteiger partial charge in [0.2, 0.25) is 11.8 Å². The van der Waals surface area contributed by atoms with Crippen molar-refractivity contribution in [1.29, 1.82) is 0 Å². The van der Waals surface area contributed by atoms with Crippen LogP contribution >= 0.6 is 0 Å². The smallest absolute Gasteiger partial charge is 0.449 e. The third-order valence-electron chi connectivity index (χ3n) is 12.5. The number of benzene rings is 1. The molecule has 3 aliphatic carbocycles. The predicted molar refractivity (Wildman–Crippen MR) is 200 cm³/mol. The van der Waals surface area contributed by atoms with Gasteiger partial charge in [-0.3, -0.25) is 14.5 Å². The van der Waals surface area contributed by atoms with Crippen molar-refractivity contribution in [3.8, 4) is 0 Å². The standard InChI is InChI=1S/C40H61BN4O8/c1-11-14-31(41-52-30-18-26-17-29(39(26,8)9)40(30,10)53-41)42-33(46)28-19-27(51-36(49)44-20-24-15-12-13-16-25(24)21-44)22-45(28)34(47)32(38(5,6)7)43-35(48)50-23-37(2,3)4/h12-13,15-16,26-32H,11,14,17-23H2,1-10H3,(H,42,46)(H,43,48)/t26-,27+,28-,29-,30+,31-,32+,40-/m0/s1. The average Bonchev–Trinajstić information content (AvgIpc) is 3.79. The van der Waals surface area contributed by atoms with Gasteiger partial charge in [0.1, 0.15) is 18.2 Å². The third kappa shape index (κ3) is 7.93. The summed E-state index contributed by atoms with van der Waals surface area (Å²) >= 11 is 0. The number of rotatable bonds is 9. The van der Waals surface area contributed by atoms with E-state index in [0.29, 0.717) is 31.3 Å². The Bertz CT molecular complexity index is 1550. The van der Waals surface area contributed by atoms with Crippen LogP contribution < -0.4 is 10.6 Å². The molecule has 4 amide bonds. The summed E-state index contributed by atoms with van der Waals surface area (Å²) in [7, 11) is -0.624. The first-order valence-corrected chi connectivity index (χ1v) is 19.6. The molecule has 13 heteroatoms. The number of ether oxygens (including phenoxy) is 2. The summed E-state index contributed by atoms with van der Waals surface area (Å²) in [5, 5.41) is 6.00. The Morgan fingerprint density at radius 3 is 2.23 bits per heavy atom. The monoisotopic (exact) mass is 736 g/mol. The molecule has 8 atom stereocenters. The van der Waals surface area contributed by atoms with Crippen LogP contribution in [0.4, 0.5) is 9.59 Å². The zero-order valence-electron chi connectivity index (χ0n) is 33.5. The van der Waals surface area contributed by atoms with Crippen LogP contribution in [0.5, 0.6) is 0 Å². The molecule has 2 saturated heterocycles. The lowest BCUT2D eigenvalue weighted by molar-refractivity contribution is -0.199. The Balaban J connectivity index is 1.20. The van der Waals surface area contributed by atoms with Gasteiger partial charge < -0.3 is 34.3 Å². The van der Waals surface area contributed by atoms with Gasteiger partial charge in [0.05, 0.1) is 30.8 Å². The summed E-state index contributed by atoms with van der Waals surface area (Å²) in [6.45, 7) is 21.3. The molecule has 3 aliphatic heterocycles. The van der Waals surface area contributed by atoms with E-state index in [1.54, 1.807) is 4.90 Å². The van der Waals surface area contributed by atoms with Crippen molar-refractivity contribution in [2.45, 2.75) is 150 Å². The van der Waals surface area contributed by atoms with Crippen molar-refractivity contribution in [2.75, 3.05) is 13.2 Å².